The minimum absolute atomic E-state index is 0.0514. The SMILES string of the molecule is CC(C=CC1=C(C)C(=O)CCC1(C)C)=CCS(=O)(=O)c1ccc(Cl)cc1. The molecule has 0 amide bonds. The van der Waals surface area contributed by atoms with Gasteiger partial charge in [0.2, 0.25) is 0 Å². The summed E-state index contributed by atoms with van der Waals surface area (Å²) in [6, 6.07) is 6.17. The minimum atomic E-state index is -3.39. The van der Waals surface area contributed by atoms with Crippen LogP contribution in [0.3, 0.4) is 0 Å². The smallest absolute Gasteiger partial charge is 0.181 e. The Labute approximate surface area is 161 Å². The molecule has 0 fully saturated rings. The molecule has 0 aromatic heterocycles. The fourth-order valence-corrected chi connectivity index (χ4v) is 4.37. The van der Waals surface area contributed by atoms with E-state index in [0.717, 1.165) is 23.1 Å². The first-order valence-electron chi connectivity index (χ1n) is 8.61. The third kappa shape index (κ3) is 4.95. The second kappa shape index (κ2) is 7.93. The van der Waals surface area contributed by atoms with Crippen molar-refractivity contribution in [2.24, 2.45) is 5.41 Å². The summed E-state index contributed by atoms with van der Waals surface area (Å²) in [4.78, 5) is 12.2. The molecule has 0 bridgehead atoms. The highest BCUT2D eigenvalue weighted by Gasteiger charge is 2.30. The van der Waals surface area contributed by atoms with Crippen LogP contribution in [0, 0.1) is 5.41 Å². The molecule has 0 spiro atoms. The maximum atomic E-state index is 12.4. The van der Waals surface area contributed by atoms with Crippen LogP contribution in [0.15, 0.2) is 64.1 Å². The zero-order chi connectivity index (χ0) is 19.5. The van der Waals surface area contributed by atoms with Crippen LogP contribution in [0.1, 0.15) is 40.5 Å². The van der Waals surface area contributed by atoms with Gasteiger partial charge in [-0.05, 0) is 61.1 Å². The van der Waals surface area contributed by atoms with Crippen molar-refractivity contribution in [2.45, 2.75) is 45.4 Å². The van der Waals surface area contributed by atoms with Gasteiger partial charge in [0.05, 0.1) is 10.6 Å². The second-order valence-electron chi connectivity index (χ2n) is 7.36. The van der Waals surface area contributed by atoms with Crippen LogP contribution in [0.25, 0.3) is 0 Å². The lowest BCUT2D eigenvalue weighted by Gasteiger charge is -2.32. The maximum Gasteiger partial charge on any atom is 0.181 e. The van der Waals surface area contributed by atoms with Gasteiger partial charge in [0.1, 0.15) is 0 Å². The largest absolute Gasteiger partial charge is 0.295 e. The highest BCUT2D eigenvalue weighted by atomic mass is 35.5. The number of hydrogen-bond acceptors (Lipinski definition) is 3. The molecule has 0 atom stereocenters. The Balaban J connectivity index is 2.17. The Hall–Kier alpha value is -1.65. The predicted octanol–water partition coefficient (Wildman–Crippen LogP) is 5.32. The lowest BCUT2D eigenvalue weighted by Crippen LogP contribution is -2.24. The van der Waals surface area contributed by atoms with Crippen molar-refractivity contribution in [2.75, 3.05) is 5.75 Å². The molecular formula is C21H25ClO3S. The van der Waals surface area contributed by atoms with Gasteiger partial charge >= 0.3 is 0 Å². The van der Waals surface area contributed by atoms with Gasteiger partial charge in [-0.25, -0.2) is 8.42 Å². The topological polar surface area (TPSA) is 51.2 Å². The quantitative estimate of drug-likeness (QED) is 0.637. The fourth-order valence-electron chi connectivity index (χ4n) is 3.02. The molecule has 0 heterocycles. The first-order valence-corrected chi connectivity index (χ1v) is 10.6. The van der Waals surface area contributed by atoms with Crippen molar-refractivity contribution in [3.05, 3.63) is 64.2 Å². The van der Waals surface area contributed by atoms with Crippen LogP contribution in [-0.4, -0.2) is 20.0 Å². The summed E-state index contributed by atoms with van der Waals surface area (Å²) in [5.41, 5.74) is 2.63. The molecule has 0 N–H and O–H groups in total. The van der Waals surface area contributed by atoms with E-state index in [9.17, 15) is 13.2 Å². The molecule has 140 valence electrons. The zero-order valence-corrected chi connectivity index (χ0v) is 17.2. The highest BCUT2D eigenvalue weighted by molar-refractivity contribution is 7.91. The van der Waals surface area contributed by atoms with Crippen LogP contribution < -0.4 is 0 Å². The third-order valence-corrected chi connectivity index (χ3v) is 6.69. The summed E-state index contributed by atoms with van der Waals surface area (Å²) in [6.07, 6.45) is 6.94. The number of carbonyl (C=O) groups is 1. The molecule has 1 aromatic rings. The van der Waals surface area contributed by atoms with Crippen LogP contribution in [0.4, 0.5) is 0 Å². The molecule has 0 aliphatic heterocycles. The molecular weight excluding hydrogens is 368 g/mol. The third-order valence-electron chi connectivity index (χ3n) is 4.84. The number of ketones is 1. The van der Waals surface area contributed by atoms with E-state index in [1.807, 2.05) is 26.0 Å². The average Bonchev–Trinajstić information content (AvgIpc) is 2.57. The normalized spacial score (nSPS) is 18.7. The van der Waals surface area contributed by atoms with E-state index >= 15 is 0 Å². The average molecular weight is 393 g/mol. The minimum Gasteiger partial charge on any atom is -0.295 e. The zero-order valence-electron chi connectivity index (χ0n) is 15.7. The second-order valence-corrected chi connectivity index (χ2v) is 9.83. The first kappa shape index (κ1) is 20.7. The number of allylic oxidation sites excluding steroid dienone is 5. The van der Waals surface area contributed by atoms with E-state index in [0.29, 0.717) is 11.4 Å². The Kier molecular flexibility index (Phi) is 6.30. The number of halogens is 1. The first-order chi connectivity index (χ1) is 12.0. The van der Waals surface area contributed by atoms with Gasteiger partial charge in [0, 0.05) is 11.4 Å². The van der Waals surface area contributed by atoms with Crippen LogP contribution >= 0.6 is 11.6 Å². The summed E-state index contributed by atoms with van der Waals surface area (Å²) < 4.78 is 24.8. The van der Waals surface area contributed by atoms with Gasteiger partial charge in [0.25, 0.3) is 0 Å². The summed E-state index contributed by atoms with van der Waals surface area (Å²) in [5, 5.41) is 0.506. The number of Topliss-reactive ketones (excluding diaryl/α,β-unsaturated/α-hetero) is 1. The molecule has 5 heteroatoms. The van der Waals surface area contributed by atoms with E-state index in [4.69, 9.17) is 11.6 Å². The van der Waals surface area contributed by atoms with Crippen molar-refractivity contribution in [3.63, 3.8) is 0 Å². The van der Waals surface area contributed by atoms with Crippen molar-refractivity contribution < 1.29 is 13.2 Å². The molecule has 1 aliphatic rings. The van der Waals surface area contributed by atoms with Crippen molar-refractivity contribution >= 4 is 27.2 Å². The summed E-state index contributed by atoms with van der Waals surface area (Å²) in [5.74, 6) is 0.112. The van der Waals surface area contributed by atoms with E-state index in [1.165, 1.54) is 12.1 Å². The van der Waals surface area contributed by atoms with Crippen LogP contribution in [-0.2, 0) is 14.6 Å². The summed E-state index contributed by atoms with van der Waals surface area (Å²) >= 11 is 5.81. The summed E-state index contributed by atoms with van der Waals surface area (Å²) in [7, 11) is -3.39. The number of carbonyl (C=O) groups excluding carboxylic acids is 1. The Bertz CT molecular complexity index is 886. The molecule has 26 heavy (non-hydrogen) atoms. The maximum absolute atomic E-state index is 12.4. The Morgan fingerprint density at radius 2 is 1.85 bits per heavy atom. The van der Waals surface area contributed by atoms with Crippen LogP contribution in [0.2, 0.25) is 5.02 Å². The molecule has 0 saturated carbocycles. The van der Waals surface area contributed by atoms with E-state index in [1.54, 1.807) is 18.2 Å². The number of hydrogen-bond donors (Lipinski definition) is 0. The fraction of sp³-hybridized carbons (Fsp3) is 0.381. The molecule has 1 aromatic carbocycles. The van der Waals surface area contributed by atoms with E-state index in [2.05, 4.69) is 13.8 Å². The van der Waals surface area contributed by atoms with E-state index < -0.39 is 9.84 Å². The lowest BCUT2D eigenvalue weighted by molar-refractivity contribution is -0.116. The van der Waals surface area contributed by atoms with Gasteiger partial charge in [-0.15, -0.1) is 0 Å². The highest BCUT2D eigenvalue weighted by Crippen LogP contribution is 2.39. The van der Waals surface area contributed by atoms with Gasteiger partial charge in [0.15, 0.2) is 15.6 Å². The molecule has 3 nitrogen and oxygen atoms in total. The van der Waals surface area contributed by atoms with Crippen molar-refractivity contribution in [1.82, 2.24) is 0 Å². The predicted molar refractivity (Wildman–Crippen MR) is 107 cm³/mol. The molecule has 2 rings (SSSR count). The van der Waals surface area contributed by atoms with Gasteiger partial charge in [-0.3, -0.25) is 4.79 Å². The number of sulfone groups is 1. The number of rotatable bonds is 5. The van der Waals surface area contributed by atoms with E-state index in [-0.39, 0.29) is 21.8 Å². The van der Waals surface area contributed by atoms with Gasteiger partial charge in [-0.2, -0.15) is 0 Å². The van der Waals surface area contributed by atoms with Crippen LogP contribution in [0.5, 0.6) is 0 Å². The molecule has 0 unspecified atom stereocenters. The lowest BCUT2D eigenvalue weighted by atomic mass is 9.72. The Morgan fingerprint density at radius 3 is 2.46 bits per heavy atom. The summed E-state index contributed by atoms with van der Waals surface area (Å²) in [6.45, 7) is 7.99. The van der Waals surface area contributed by atoms with Crippen molar-refractivity contribution in [3.8, 4) is 0 Å². The van der Waals surface area contributed by atoms with Gasteiger partial charge in [-0.1, -0.05) is 49.2 Å². The van der Waals surface area contributed by atoms with Gasteiger partial charge < -0.3 is 0 Å². The monoisotopic (exact) mass is 392 g/mol. The Morgan fingerprint density at radius 1 is 1.23 bits per heavy atom. The molecule has 0 radical (unpaired) electrons. The van der Waals surface area contributed by atoms with Crippen molar-refractivity contribution in [1.29, 1.82) is 0 Å². The molecule has 1 aliphatic carbocycles. The number of benzene rings is 1. The standard InChI is InChI=1S/C21H25ClO3S/c1-15(5-10-19-16(2)20(23)11-13-21(19,3)4)12-14-26(24,25)18-8-6-17(22)7-9-18/h5-10,12H,11,13-14H2,1-4H3. The molecule has 0 saturated heterocycles.